The minimum atomic E-state index is -3.38. The first-order valence-corrected chi connectivity index (χ1v) is 30.9. The number of pyridine rings is 2. The lowest BCUT2D eigenvalue weighted by Gasteiger charge is -2.43. The molecule has 6 aliphatic rings. The van der Waals surface area contributed by atoms with Gasteiger partial charge in [-0.1, -0.05) is 0 Å². The molecular formula is C64H74F4N16O11. The van der Waals surface area contributed by atoms with Gasteiger partial charge in [0, 0.05) is 95.0 Å². The predicted octanol–water partition coefficient (Wildman–Crippen LogP) is 5.19. The highest BCUT2D eigenvalue weighted by atomic mass is 19.3. The second-order valence-corrected chi connectivity index (χ2v) is 23.3. The van der Waals surface area contributed by atoms with Gasteiger partial charge in [0.15, 0.2) is 12.2 Å². The molecule has 4 aromatic heterocycles. The van der Waals surface area contributed by atoms with E-state index >= 15 is 0 Å². The summed E-state index contributed by atoms with van der Waals surface area (Å²) >= 11 is 0. The zero-order chi connectivity index (χ0) is 67.4. The number of likely N-dealkylation sites (tertiary alicyclic amines) is 1. The van der Waals surface area contributed by atoms with Crippen molar-refractivity contribution in [3.8, 4) is 57.9 Å². The van der Waals surface area contributed by atoms with Crippen molar-refractivity contribution >= 4 is 46.5 Å². The Hall–Kier alpha value is -9.34. The summed E-state index contributed by atoms with van der Waals surface area (Å²) < 4.78 is 91.5. The first-order chi connectivity index (χ1) is 45.7. The van der Waals surface area contributed by atoms with Gasteiger partial charge in [-0.3, -0.25) is 14.6 Å². The number of halogens is 4. The Labute approximate surface area is 545 Å². The van der Waals surface area contributed by atoms with Gasteiger partial charge in [-0.15, -0.1) is 0 Å². The molecule has 6 saturated heterocycles. The van der Waals surface area contributed by atoms with Gasteiger partial charge in [0.1, 0.15) is 83.1 Å². The number of piperazine rings is 2. The highest BCUT2D eigenvalue weighted by molar-refractivity contribution is 5.80. The molecule has 10 heterocycles. The number of amides is 1. The molecule has 1 amide bonds. The SMILES string of the molecule is COc1nc(Nc2cc(-c3ccc(OC4CCN(C(=O)[C@H](C)O)CC4(F)F)c(C#N)c3)ncn2)ccc1N1CCN(C2COC2)CC1.COc1nc(Nc2cc(-c3ccc(OC4CCNCC4(F)F)c(C#N)c3)ncn2)ccc1N1CCN(C2COC2)CC1.C[C@H](O)C(=O)O. The number of aromatic nitrogens is 6. The van der Waals surface area contributed by atoms with E-state index in [1.54, 1.807) is 44.6 Å². The quantitative estimate of drug-likeness (QED) is 0.0603. The second-order valence-electron chi connectivity index (χ2n) is 23.3. The number of piperidine rings is 2. The van der Waals surface area contributed by atoms with E-state index in [4.69, 9.17) is 38.6 Å². The molecule has 6 N–H and O–H groups in total. The van der Waals surface area contributed by atoms with Gasteiger partial charge in [0.2, 0.25) is 11.8 Å². The summed E-state index contributed by atoms with van der Waals surface area (Å²) in [5, 5.41) is 53.8. The van der Waals surface area contributed by atoms with Crippen molar-refractivity contribution in [2.45, 2.75) is 75.0 Å². The number of nitrogens with zero attached hydrogens (tertiary/aromatic N) is 13. The molecule has 6 fully saturated rings. The first-order valence-electron chi connectivity index (χ1n) is 30.9. The van der Waals surface area contributed by atoms with Crippen LogP contribution in [0.25, 0.3) is 22.5 Å². The topological polar surface area (TPSA) is 327 Å². The molecule has 6 aliphatic heterocycles. The predicted molar refractivity (Wildman–Crippen MR) is 338 cm³/mol. The van der Waals surface area contributed by atoms with Gasteiger partial charge in [0.05, 0.1) is 88.3 Å². The van der Waals surface area contributed by atoms with Crippen LogP contribution in [0.4, 0.5) is 52.2 Å². The van der Waals surface area contributed by atoms with E-state index in [-0.39, 0.29) is 42.0 Å². The molecule has 0 saturated carbocycles. The molecule has 31 heteroatoms. The van der Waals surface area contributed by atoms with Gasteiger partial charge in [-0.05, 0) is 81.1 Å². The summed E-state index contributed by atoms with van der Waals surface area (Å²) in [7, 11) is 3.19. The molecule has 0 radical (unpaired) electrons. The highest BCUT2D eigenvalue weighted by Gasteiger charge is 2.48. The number of hydrogen-bond donors (Lipinski definition) is 6. The van der Waals surface area contributed by atoms with Crippen LogP contribution < -0.4 is 44.7 Å². The van der Waals surface area contributed by atoms with Crippen molar-refractivity contribution in [3.63, 3.8) is 0 Å². The van der Waals surface area contributed by atoms with Crippen LogP contribution in [0.3, 0.4) is 0 Å². The Bertz CT molecular complexity index is 3730. The van der Waals surface area contributed by atoms with Crippen molar-refractivity contribution in [3.05, 3.63) is 96.6 Å². The maximum Gasteiger partial charge on any atom is 0.332 e. The summed E-state index contributed by atoms with van der Waals surface area (Å²) in [6, 6.07) is 25.6. The standard InChI is InChI=1S/C32H36F2N8O5.C29H32F2N8O3.C3H6O3/c1-20(43)31(44)42-8-7-27(32(33,34)18-42)47-26-5-3-21(13-22(26)15-35)24-14-29(37-19-36-24)38-28-6-4-25(30(39-28)45-2)41-11-9-40(10-12-41)23-16-46-17-23;1-40-28-23(39-10-8-38(9-11-39)21-15-41-16-21)3-5-26(37-28)36-27-13-22(34-18-35-27)19-2-4-24(20(12-19)14-32)42-25-6-7-33-17-29(25,30)31;1-2(4)3(5)6/h3-6,13-14,19-20,23,27,43H,7-12,16-18H2,1-2H3,(H,36,37,38,39);2-5,12-13,18,21,25,33H,6-11,15-17H2,1H3,(H,34,35,36,37);2,4H,1H3,(H,5,6)/t20-,27?;;2-/m0.0/s1. The molecule has 4 atom stereocenters. The molecule has 27 nitrogen and oxygen atoms in total. The zero-order valence-corrected chi connectivity index (χ0v) is 52.7. The van der Waals surface area contributed by atoms with Crippen molar-refractivity contribution in [2.75, 3.05) is 140 Å². The lowest BCUT2D eigenvalue weighted by Crippen LogP contribution is -2.56. The summed E-state index contributed by atoms with van der Waals surface area (Å²) in [5.41, 5.74) is 4.25. The second kappa shape index (κ2) is 30.8. The number of aliphatic hydroxyl groups excluding tert-OH is 2. The van der Waals surface area contributed by atoms with Gasteiger partial charge >= 0.3 is 11.9 Å². The van der Waals surface area contributed by atoms with E-state index < -0.39 is 61.2 Å². The molecule has 504 valence electrons. The number of anilines is 6. The minimum absolute atomic E-state index is 0.00140. The Kier molecular flexibility index (Phi) is 22.2. The van der Waals surface area contributed by atoms with Crippen LogP contribution in [0.2, 0.25) is 0 Å². The molecule has 0 aliphatic carbocycles. The largest absolute Gasteiger partial charge is 0.483 e. The fourth-order valence-corrected chi connectivity index (χ4v) is 11.3. The van der Waals surface area contributed by atoms with Crippen LogP contribution in [0.15, 0.2) is 85.5 Å². The third-order valence-electron chi connectivity index (χ3n) is 16.8. The van der Waals surface area contributed by atoms with Crippen LogP contribution in [-0.4, -0.2) is 239 Å². The number of carboxylic acids is 1. The third kappa shape index (κ3) is 17.0. The van der Waals surface area contributed by atoms with Crippen LogP contribution in [0.1, 0.15) is 37.8 Å². The Morgan fingerprint density at radius 3 is 1.45 bits per heavy atom. The van der Waals surface area contributed by atoms with E-state index in [9.17, 15) is 42.8 Å². The van der Waals surface area contributed by atoms with Gasteiger partial charge in [0.25, 0.3) is 11.8 Å². The van der Waals surface area contributed by atoms with E-state index in [2.05, 4.69) is 71.5 Å². The molecular weight excluding hydrogens is 1240 g/mol. The summed E-state index contributed by atoms with van der Waals surface area (Å²) in [6.07, 6.45) is -2.69. The number of nitrogens with one attached hydrogen (secondary N) is 3. The fraction of sp³-hybridized carbons (Fsp3) is 0.469. The molecule has 2 unspecified atom stereocenters. The third-order valence-corrected chi connectivity index (χ3v) is 16.8. The molecule has 0 spiro atoms. The number of rotatable bonds is 18. The molecule has 95 heavy (non-hydrogen) atoms. The van der Waals surface area contributed by atoms with Crippen LogP contribution in [0.5, 0.6) is 23.3 Å². The number of benzene rings is 2. The maximum absolute atomic E-state index is 14.9. The number of carboxylic acid groups (broad SMARTS) is 1. The average molecular weight is 1320 g/mol. The average Bonchev–Trinajstić information content (AvgIpc) is 0.831. The van der Waals surface area contributed by atoms with Crippen LogP contribution in [-0.2, 0) is 19.1 Å². The minimum Gasteiger partial charge on any atom is -0.483 e. The van der Waals surface area contributed by atoms with Crippen molar-refractivity contribution in [1.82, 2.24) is 49.9 Å². The Morgan fingerprint density at radius 1 is 0.621 bits per heavy atom. The van der Waals surface area contributed by atoms with E-state index in [0.29, 0.717) is 76.2 Å². The summed E-state index contributed by atoms with van der Waals surface area (Å²) in [4.78, 5) is 58.4. The van der Waals surface area contributed by atoms with Gasteiger partial charge in [-0.25, -0.2) is 42.3 Å². The molecule has 6 aromatic rings. The molecule has 2 aromatic carbocycles. The number of carbonyl (C=O) groups excluding carboxylic acids is 1. The Morgan fingerprint density at radius 2 is 1.07 bits per heavy atom. The van der Waals surface area contributed by atoms with Crippen molar-refractivity contribution in [2.24, 2.45) is 0 Å². The van der Waals surface area contributed by atoms with Crippen LogP contribution in [0, 0.1) is 22.7 Å². The van der Waals surface area contributed by atoms with E-state index in [1.807, 2.05) is 30.3 Å². The zero-order valence-electron chi connectivity index (χ0n) is 52.7. The summed E-state index contributed by atoms with van der Waals surface area (Å²) in [5.74, 6) is -5.21. The smallest absolute Gasteiger partial charge is 0.332 e. The monoisotopic (exact) mass is 1320 g/mol. The maximum atomic E-state index is 14.9. The van der Waals surface area contributed by atoms with Gasteiger partial charge < -0.3 is 74.4 Å². The first kappa shape index (κ1) is 68.5. The van der Waals surface area contributed by atoms with Crippen molar-refractivity contribution < 1.29 is 70.9 Å². The number of methoxy groups -OCH3 is 2. The highest BCUT2D eigenvalue weighted by Crippen LogP contribution is 2.37. The lowest BCUT2D eigenvalue weighted by molar-refractivity contribution is -0.165. The normalized spacial score (nSPS) is 20.2. The molecule has 0 bridgehead atoms. The fourth-order valence-electron chi connectivity index (χ4n) is 11.3. The number of alkyl halides is 4. The van der Waals surface area contributed by atoms with E-state index in [0.717, 1.165) is 95.1 Å². The number of aliphatic carboxylic acids is 1. The van der Waals surface area contributed by atoms with E-state index in [1.165, 1.54) is 44.7 Å². The summed E-state index contributed by atoms with van der Waals surface area (Å²) in [6.45, 7) is 12.0. The van der Waals surface area contributed by atoms with Crippen LogP contribution >= 0.6 is 0 Å². The number of carbonyl (C=O) groups is 2. The number of nitriles is 2. The lowest BCUT2D eigenvalue weighted by atomic mass is 10.0. The number of aliphatic hydroxyl groups is 2. The number of ether oxygens (including phenoxy) is 6. The molecule has 12 rings (SSSR count). The van der Waals surface area contributed by atoms with Crippen molar-refractivity contribution in [1.29, 1.82) is 10.5 Å². The Balaban J connectivity index is 0.000000192. The van der Waals surface area contributed by atoms with Gasteiger partial charge in [-0.2, -0.15) is 20.5 Å². The number of hydrogen-bond acceptors (Lipinski definition) is 25.